The smallest absolute Gasteiger partial charge is 0.230 e. The van der Waals surface area contributed by atoms with Crippen LogP contribution in [0.5, 0.6) is 0 Å². The second-order valence-corrected chi connectivity index (χ2v) is 7.74. The number of carbonyl (C=O) groups excluding carboxylic acids is 2. The number of likely N-dealkylation sites (N-methyl/N-ethyl adjacent to an activating group) is 1. The van der Waals surface area contributed by atoms with Gasteiger partial charge in [0.25, 0.3) is 0 Å². The summed E-state index contributed by atoms with van der Waals surface area (Å²) in [7, 11) is 1.95. The molecule has 1 atom stereocenters. The Morgan fingerprint density at radius 3 is 2.38 bits per heavy atom. The van der Waals surface area contributed by atoms with E-state index < -0.39 is 0 Å². The number of carbonyl (C=O) groups is 2. The van der Waals surface area contributed by atoms with E-state index in [-0.39, 0.29) is 23.3 Å². The van der Waals surface area contributed by atoms with E-state index in [0.29, 0.717) is 5.91 Å². The minimum Gasteiger partial charge on any atom is -0.342 e. The first kappa shape index (κ1) is 15.7. The van der Waals surface area contributed by atoms with Gasteiger partial charge in [0.05, 0.1) is 5.92 Å². The summed E-state index contributed by atoms with van der Waals surface area (Å²) >= 11 is 0. The minimum atomic E-state index is -0.0615. The number of amides is 2. The molecule has 1 aromatic rings. The van der Waals surface area contributed by atoms with Crippen LogP contribution < -0.4 is 0 Å². The van der Waals surface area contributed by atoms with E-state index in [9.17, 15) is 9.59 Å². The number of hydrogen-bond donors (Lipinski definition) is 0. The zero-order chi connectivity index (χ0) is 16.7. The van der Waals surface area contributed by atoms with Gasteiger partial charge in [-0.3, -0.25) is 9.59 Å². The van der Waals surface area contributed by atoms with Crippen molar-refractivity contribution >= 4 is 11.8 Å². The van der Waals surface area contributed by atoms with Crippen LogP contribution >= 0.6 is 0 Å². The van der Waals surface area contributed by atoms with E-state index in [1.165, 1.54) is 6.42 Å². The van der Waals surface area contributed by atoms with Gasteiger partial charge in [0.2, 0.25) is 11.8 Å². The van der Waals surface area contributed by atoms with Gasteiger partial charge in [0, 0.05) is 31.6 Å². The van der Waals surface area contributed by atoms with Crippen LogP contribution in [0.25, 0.3) is 0 Å². The normalized spacial score (nSPS) is 26.7. The minimum absolute atomic E-state index is 0.0231. The lowest BCUT2D eigenvalue weighted by Crippen LogP contribution is -2.54. The van der Waals surface area contributed by atoms with Crippen molar-refractivity contribution < 1.29 is 9.59 Å². The van der Waals surface area contributed by atoms with Gasteiger partial charge in [0.1, 0.15) is 0 Å². The molecule has 0 bridgehead atoms. The number of rotatable bonds is 2. The molecule has 1 aromatic carbocycles. The lowest BCUT2D eigenvalue weighted by molar-refractivity contribution is -0.141. The Morgan fingerprint density at radius 1 is 1.12 bits per heavy atom. The van der Waals surface area contributed by atoms with Crippen molar-refractivity contribution in [2.45, 2.75) is 50.0 Å². The summed E-state index contributed by atoms with van der Waals surface area (Å²) < 4.78 is 0. The Kier molecular flexibility index (Phi) is 3.86. The van der Waals surface area contributed by atoms with Crippen LogP contribution in [0.2, 0.25) is 0 Å². The quantitative estimate of drug-likeness (QED) is 0.838. The first-order valence-corrected chi connectivity index (χ1v) is 9.22. The molecule has 2 amide bonds. The average Bonchev–Trinajstić information content (AvgIpc) is 2.80. The SMILES string of the molecule is CN1C(=O)C(c2ccccc2)CC12CCN(C(=O)C1CCC1)CC2. The molecule has 2 heterocycles. The fourth-order valence-corrected chi connectivity index (χ4v) is 4.61. The van der Waals surface area contributed by atoms with Crippen LogP contribution in [0.15, 0.2) is 30.3 Å². The van der Waals surface area contributed by atoms with E-state index in [1.54, 1.807) is 0 Å². The molecule has 1 saturated carbocycles. The second kappa shape index (κ2) is 5.91. The summed E-state index contributed by atoms with van der Waals surface area (Å²) in [6.45, 7) is 1.60. The number of nitrogens with zero attached hydrogens (tertiary/aromatic N) is 2. The maximum Gasteiger partial charge on any atom is 0.230 e. The van der Waals surface area contributed by atoms with E-state index in [2.05, 4.69) is 12.1 Å². The third-order valence-electron chi connectivity index (χ3n) is 6.59. The van der Waals surface area contributed by atoms with Crippen molar-refractivity contribution in [1.82, 2.24) is 9.80 Å². The average molecular weight is 326 g/mol. The Hall–Kier alpha value is -1.84. The van der Waals surface area contributed by atoms with Gasteiger partial charge in [-0.25, -0.2) is 0 Å². The number of hydrogen-bond acceptors (Lipinski definition) is 2. The Balaban J connectivity index is 1.46. The third kappa shape index (κ3) is 2.43. The standard InChI is InChI=1S/C20H26N2O2/c1-21-19(24)17(15-6-3-2-4-7-15)14-20(21)10-12-22(13-11-20)18(23)16-8-5-9-16/h2-4,6-7,16-17H,5,8-14H2,1H3. The Bertz CT molecular complexity index is 630. The van der Waals surface area contributed by atoms with Crippen LogP contribution in [-0.4, -0.2) is 47.3 Å². The number of piperidine rings is 1. The highest BCUT2D eigenvalue weighted by Gasteiger charge is 2.51. The molecule has 128 valence electrons. The lowest BCUT2D eigenvalue weighted by atomic mass is 9.80. The molecule has 3 fully saturated rings. The predicted octanol–water partition coefficient (Wildman–Crippen LogP) is 2.79. The molecular weight excluding hydrogens is 300 g/mol. The van der Waals surface area contributed by atoms with Gasteiger partial charge in [-0.2, -0.15) is 0 Å². The Labute approximate surface area is 143 Å². The molecule has 0 N–H and O–H groups in total. The van der Waals surface area contributed by atoms with Crippen molar-refractivity contribution in [3.63, 3.8) is 0 Å². The van der Waals surface area contributed by atoms with Crippen molar-refractivity contribution in [3.05, 3.63) is 35.9 Å². The maximum absolute atomic E-state index is 12.8. The van der Waals surface area contributed by atoms with E-state index >= 15 is 0 Å². The number of likely N-dealkylation sites (tertiary alicyclic amines) is 2. The molecule has 4 rings (SSSR count). The Morgan fingerprint density at radius 2 is 1.79 bits per heavy atom. The molecular formula is C20H26N2O2. The van der Waals surface area contributed by atoms with Crippen molar-refractivity contribution in [2.75, 3.05) is 20.1 Å². The molecule has 1 unspecified atom stereocenters. The monoisotopic (exact) mass is 326 g/mol. The summed E-state index contributed by atoms with van der Waals surface area (Å²) in [6, 6.07) is 10.1. The fourth-order valence-electron chi connectivity index (χ4n) is 4.61. The summed E-state index contributed by atoms with van der Waals surface area (Å²) in [5, 5.41) is 0. The molecule has 1 spiro atoms. The zero-order valence-corrected chi connectivity index (χ0v) is 14.4. The van der Waals surface area contributed by atoms with E-state index in [1.807, 2.05) is 35.0 Å². The van der Waals surface area contributed by atoms with Crippen LogP contribution in [0, 0.1) is 5.92 Å². The maximum atomic E-state index is 12.8. The van der Waals surface area contributed by atoms with Crippen molar-refractivity contribution in [2.24, 2.45) is 5.92 Å². The summed E-state index contributed by atoms with van der Waals surface area (Å²) in [4.78, 5) is 29.3. The first-order chi connectivity index (χ1) is 11.6. The largest absolute Gasteiger partial charge is 0.342 e. The molecule has 1 aliphatic carbocycles. The number of benzene rings is 1. The summed E-state index contributed by atoms with van der Waals surface area (Å²) in [5.41, 5.74) is 1.06. The van der Waals surface area contributed by atoms with Gasteiger partial charge in [-0.1, -0.05) is 36.8 Å². The highest BCUT2D eigenvalue weighted by molar-refractivity contribution is 5.87. The molecule has 4 heteroatoms. The van der Waals surface area contributed by atoms with Crippen LogP contribution in [-0.2, 0) is 9.59 Å². The van der Waals surface area contributed by atoms with E-state index in [0.717, 1.165) is 50.8 Å². The molecule has 2 saturated heterocycles. The molecule has 0 aromatic heterocycles. The highest BCUT2D eigenvalue weighted by atomic mass is 16.2. The zero-order valence-electron chi connectivity index (χ0n) is 14.4. The van der Waals surface area contributed by atoms with Gasteiger partial charge in [-0.05, 0) is 37.7 Å². The lowest BCUT2D eigenvalue weighted by Gasteiger charge is -2.44. The third-order valence-corrected chi connectivity index (χ3v) is 6.59. The van der Waals surface area contributed by atoms with Gasteiger partial charge in [-0.15, -0.1) is 0 Å². The summed E-state index contributed by atoms with van der Waals surface area (Å²) in [6.07, 6.45) is 6.04. The van der Waals surface area contributed by atoms with Gasteiger partial charge >= 0.3 is 0 Å². The van der Waals surface area contributed by atoms with E-state index in [4.69, 9.17) is 0 Å². The molecule has 3 aliphatic rings. The summed E-state index contributed by atoms with van der Waals surface area (Å²) in [5.74, 6) is 0.840. The molecule has 24 heavy (non-hydrogen) atoms. The highest BCUT2D eigenvalue weighted by Crippen LogP contribution is 2.45. The molecule has 0 radical (unpaired) electrons. The fraction of sp³-hybridized carbons (Fsp3) is 0.600. The van der Waals surface area contributed by atoms with Crippen LogP contribution in [0.3, 0.4) is 0 Å². The van der Waals surface area contributed by atoms with Crippen molar-refractivity contribution in [1.29, 1.82) is 0 Å². The second-order valence-electron chi connectivity index (χ2n) is 7.74. The first-order valence-electron chi connectivity index (χ1n) is 9.22. The van der Waals surface area contributed by atoms with Crippen LogP contribution in [0.1, 0.15) is 50.0 Å². The van der Waals surface area contributed by atoms with Crippen molar-refractivity contribution in [3.8, 4) is 0 Å². The topological polar surface area (TPSA) is 40.6 Å². The molecule has 2 aliphatic heterocycles. The van der Waals surface area contributed by atoms with Crippen LogP contribution in [0.4, 0.5) is 0 Å². The van der Waals surface area contributed by atoms with Gasteiger partial charge in [0.15, 0.2) is 0 Å². The molecule has 4 nitrogen and oxygen atoms in total. The van der Waals surface area contributed by atoms with Gasteiger partial charge < -0.3 is 9.80 Å². The predicted molar refractivity (Wildman–Crippen MR) is 92.5 cm³/mol.